The molecule has 9 nitrogen and oxygen atoms in total. The molecule has 1 amide bonds. The lowest BCUT2D eigenvalue weighted by Crippen LogP contribution is -2.31. The van der Waals surface area contributed by atoms with Crippen LogP contribution in [-0.2, 0) is 0 Å². The van der Waals surface area contributed by atoms with E-state index in [-0.39, 0.29) is 11.6 Å². The number of nitrogens with one attached hydrogen (secondary N) is 1. The SMILES string of the molecule is O=C(Nc1ccc(-c2cn3cccnc3n2)cc1)c1cc([N+](=O)[O-])ccc1N1CCCCC1. The lowest BCUT2D eigenvalue weighted by atomic mass is 10.1. The number of rotatable bonds is 5. The van der Waals surface area contributed by atoms with Crippen molar-refractivity contribution in [3.63, 3.8) is 0 Å². The largest absolute Gasteiger partial charge is 0.371 e. The Balaban J connectivity index is 1.39. The van der Waals surface area contributed by atoms with E-state index in [2.05, 4.69) is 20.2 Å². The van der Waals surface area contributed by atoms with Crippen molar-refractivity contribution in [1.29, 1.82) is 0 Å². The summed E-state index contributed by atoms with van der Waals surface area (Å²) >= 11 is 0. The Kier molecular flexibility index (Phi) is 5.43. The predicted molar refractivity (Wildman–Crippen MR) is 126 cm³/mol. The number of hydrogen-bond donors (Lipinski definition) is 1. The smallest absolute Gasteiger partial charge is 0.270 e. The fourth-order valence-electron chi connectivity index (χ4n) is 4.12. The minimum Gasteiger partial charge on any atom is -0.371 e. The van der Waals surface area contributed by atoms with Gasteiger partial charge >= 0.3 is 0 Å². The van der Waals surface area contributed by atoms with E-state index in [0.717, 1.165) is 49.3 Å². The standard InChI is InChI=1S/C24H22N6O3/c31-23(20-15-19(30(32)33)9-10-22(20)28-12-2-1-3-13-28)26-18-7-5-17(6-8-18)21-16-29-14-4-11-25-24(29)27-21/h4-11,14-16H,1-3,12-13H2,(H,26,31). The van der Waals surface area contributed by atoms with Crippen LogP contribution in [0.4, 0.5) is 17.1 Å². The van der Waals surface area contributed by atoms with Gasteiger partial charge in [-0.05, 0) is 43.5 Å². The number of aromatic nitrogens is 3. The van der Waals surface area contributed by atoms with Gasteiger partial charge < -0.3 is 10.2 Å². The molecule has 1 fully saturated rings. The molecule has 2 aromatic carbocycles. The van der Waals surface area contributed by atoms with Crippen molar-refractivity contribution in [3.8, 4) is 11.3 Å². The number of non-ortho nitro benzene ring substituents is 1. The molecule has 33 heavy (non-hydrogen) atoms. The van der Waals surface area contributed by atoms with Gasteiger partial charge in [0.05, 0.1) is 21.9 Å². The molecular weight excluding hydrogens is 420 g/mol. The molecule has 0 spiro atoms. The van der Waals surface area contributed by atoms with E-state index < -0.39 is 4.92 Å². The lowest BCUT2D eigenvalue weighted by Gasteiger charge is -2.30. The molecule has 0 unspecified atom stereocenters. The van der Waals surface area contributed by atoms with Gasteiger partial charge in [-0.15, -0.1) is 0 Å². The molecule has 1 N–H and O–H groups in total. The Morgan fingerprint density at radius 2 is 1.85 bits per heavy atom. The van der Waals surface area contributed by atoms with E-state index in [1.54, 1.807) is 24.4 Å². The van der Waals surface area contributed by atoms with Gasteiger partial charge in [-0.1, -0.05) is 12.1 Å². The molecule has 1 saturated heterocycles. The molecule has 1 aliphatic heterocycles. The first-order chi connectivity index (χ1) is 16.1. The topological polar surface area (TPSA) is 106 Å². The minimum atomic E-state index is -0.477. The summed E-state index contributed by atoms with van der Waals surface area (Å²) < 4.78 is 1.84. The second-order valence-corrected chi connectivity index (χ2v) is 7.99. The monoisotopic (exact) mass is 442 g/mol. The zero-order valence-electron chi connectivity index (χ0n) is 17.8. The molecule has 0 aliphatic carbocycles. The second-order valence-electron chi connectivity index (χ2n) is 7.99. The van der Waals surface area contributed by atoms with Crippen molar-refractivity contribution in [2.24, 2.45) is 0 Å². The first-order valence-corrected chi connectivity index (χ1v) is 10.8. The third-order valence-corrected chi connectivity index (χ3v) is 5.81. The summed E-state index contributed by atoms with van der Waals surface area (Å²) in [4.78, 5) is 34.8. The van der Waals surface area contributed by atoms with E-state index in [1.807, 2.05) is 35.0 Å². The van der Waals surface area contributed by atoms with Crippen LogP contribution in [0.25, 0.3) is 17.0 Å². The number of fused-ring (bicyclic) bond motifs is 1. The normalized spacial score (nSPS) is 13.8. The Labute approximate surface area is 189 Å². The molecule has 4 aromatic rings. The van der Waals surface area contributed by atoms with Gasteiger partial charge in [0.2, 0.25) is 5.78 Å². The van der Waals surface area contributed by atoms with Crippen LogP contribution in [0, 0.1) is 10.1 Å². The van der Waals surface area contributed by atoms with Crippen molar-refractivity contribution >= 4 is 28.7 Å². The van der Waals surface area contributed by atoms with Gasteiger partial charge in [0.25, 0.3) is 11.6 Å². The molecule has 1 aliphatic rings. The van der Waals surface area contributed by atoms with Crippen LogP contribution in [0.15, 0.2) is 67.1 Å². The van der Waals surface area contributed by atoms with Gasteiger partial charge in [0.1, 0.15) is 0 Å². The molecule has 2 aromatic heterocycles. The minimum absolute atomic E-state index is 0.100. The highest BCUT2D eigenvalue weighted by Gasteiger charge is 2.22. The van der Waals surface area contributed by atoms with Crippen LogP contribution >= 0.6 is 0 Å². The third kappa shape index (κ3) is 4.25. The highest BCUT2D eigenvalue weighted by Crippen LogP contribution is 2.29. The molecule has 5 rings (SSSR count). The Bertz CT molecular complexity index is 1290. The van der Waals surface area contributed by atoms with Gasteiger partial charge in [-0.3, -0.25) is 19.3 Å². The summed E-state index contributed by atoms with van der Waals surface area (Å²) in [5.74, 6) is 0.241. The number of nitrogens with zero attached hydrogens (tertiary/aromatic N) is 5. The van der Waals surface area contributed by atoms with E-state index in [4.69, 9.17) is 0 Å². The maximum absolute atomic E-state index is 13.1. The predicted octanol–water partition coefficient (Wildman–Crippen LogP) is 4.55. The number of piperidine rings is 1. The Morgan fingerprint density at radius 1 is 1.06 bits per heavy atom. The quantitative estimate of drug-likeness (QED) is 0.359. The molecule has 166 valence electrons. The maximum atomic E-state index is 13.1. The van der Waals surface area contributed by atoms with Crippen LogP contribution in [0.3, 0.4) is 0 Å². The summed E-state index contributed by atoms with van der Waals surface area (Å²) in [5, 5.41) is 14.2. The first-order valence-electron chi connectivity index (χ1n) is 10.8. The van der Waals surface area contributed by atoms with E-state index in [0.29, 0.717) is 17.0 Å². The van der Waals surface area contributed by atoms with Gasteiger partial charge in [0, 0.05) is 55.1 Å². The number of carbonyl (C=O) groups is 1. The molecule has 3 heterocycles. The lowest BCUT2D eigenvalue weighted by molar-refractivity contribution is -0.384. The van der Waals surface area contributed by atoms with Crippen LogP contribution < -0.4 is 10.2 Å². The number of hydrogen-bond acceptors (Lipinski definition) is 6. The van der Waals surface area contributed by atoms with Crippen molar-refractivity contribution in [3.05, 3.63) is 82.8 Å². The Hall–Kier alpha value is -4.27. The average Bonchev–Trinajstić information content (AvgIpc) is 3.29. The number of amides is 1. The number of benzene rings is 2. The number of carbonyl (C=O) groups excluding carboxylic acids is 1. The van der Waals surface area contributed by atoms with Crippen LogP contribution in [0.5, 0.6) is 0 Å². The summed E-state index contributed by atoms with van der Waals surface area (Å²) in [7, 11) is 0. The molecule has 0 saturated carbocycles. The van der Waals surface area contributed by atoms with Gasteiger partial charge in [-0.2, -0.15) is 0 Å². The summed E-state index contributed by atoms with van der Waals surface area (Å²) in [6.07, 6.45) is 8.70. The molecular formula is C24H22N6O3. The number of imidazole rings is 1. The van der Waals surface area contributed by atoms with E-state index >= 15 is 0 Å². The third-order valence-electron chi connectivity index (χ3n) is 5.81. The summed E-state index contributed by atoms with van der Waals surface area (Å²) in [6, 6.07) is 13.7. The van der Waals surface area contributed by atoms with Crippen molar-refractivity contribution < 1.29 is 9.72 Å². The Morgan fingerprint density at radius 3 is 2.58 bits per heavy atom. The zero-order chi connectivity index (χ0) is 22.8. The number of anilines is 2. The highest BCUT2D eigenvalue weighted by atomic mass is 16.6. The van der Waals surface area contributed by atoms with Gasteiger partial charge in [-0.25, -0.2) is 9.97 Å². The molecule has 0 radical (unpaired) electrons. The van der Waals surface area contributed by atoms with Crippen LogP contribution in [-0.4, -0.2) is 38.3 Å². The fourth-order valence-corrected chi connectivity index (χ4v) is 4.12. The second kappa shape index (κ2) is 8.70. The molecule has 9 heteroatoms. The highest BCUT2D eigenvalue weighted by molar-refractivity contribution is 6.08. The van der Waals surface area contributed by atoms with Crippen molar-refractivity contribution in [2.75, 3.05) is 23.3 Å². The number of nitro groups is 1. The fraction of sp³-hybridized carbons (Fsp3) is 0.208. The first kappa shape index (κ1) is 20.6. The number of nitro benzene ring substituents is 1. The van der Waals surface area contributed by atoms with Crippen LogP contribution in [0.1, 0.15) is 29.6 Å². The summed E-state index contributed by atoms with van der Waals surface area (Å²) in [6.45, 7) is 1.67. The van der Waals surface area contributed by atoms with Gasteiger partial charge in [0.15, 0.2) is 0 Å². The van der Waals surface area contributed by atoms with Crippen molar-refractivity contribution in [1.82, 2.24) is 14.4 Å². The van der Waals surface area contributed by atoms with E-state index in [1.165, 1.54) is 12.1 Å². The molecule has 0 atom stereocenters. The maximum Gasteiger partial charge on any atom is 0.270 e. The van der Waals surface area contributed by atoms with E-state index in [9.17, 15) is 14.9 Å². The molecule has 0 bridgehead atoms. The average molecular weight is 442 g/mol. The van der Waals surface area contributed by atoms with Crippen molar-refractivity contribution in [2.45, 2.75) is 19.3 Å². The van der Waals surface area contributed by atoms with Crippen LogP contribution in [0.2, 0.25) is 0 Å². The summed E-state index contributed by atoms with van der Waals surface area (Å²) in [5.41, 5.74) is 3.20. The zero-order valence-corrected chi connectivity index (χ0v) is 17.8.